The monoisotopic (exact) mass is 276 g/mol. The van der Waals surface area contributed by atoms with Crippen LogP contribution in [0.2, 0.25) is 0 Å². The number of amidine groups is 1. The minimum atomic E-state index is -4.57. The number of nitrogens with one attached hydrogen (secondary N) is 1. The molecule has 1 aromatic heterocycles. The van der Waals surface area contributed by atoms with Crippen molar-refractivity contribution in [3.63, 3.8) is 0 Å². The van der Waals surface area contributed by atoms with Crippen molar-refractivity contribution in [2.45, 2.75) is 19.1 Å². The molecule has 0 bridgehead atoms. The number of nitrogens with two attached hydrogens (primary N) is 1. The van der Waals surface area contributed by atoms with E-state index in [4.69, 9.17) is 10.9 Å². The van der Waals surface area contributed by atoms with Gasteiger partial charge in [-0.1, -0.05) is 11.2 Å². The van der Waals surface area contributed by atoms with Crippen molar-refractivity contribution in [3.8, 4) is 0 Å². The van der Waals surface area contributed by atoms with Gasteiger partial charge in [-0.05, 0) is 18.6 Å². The normalized spacial score (nSPS) is 16.1. The van der Waals surface area contributed by atoms with Crippen LogP contribution in [0.1, 0.15) is 18.5 Å². The summed E-state index contributed by atoms with van der Waals surface area (Å²) in [6, 6.07) is 3.11. The number of hydrogen-bond acceptors (Lipinski definition) is 4. The first-order valence-corrected chi connectivity index (χ1v) is 5.53. The number of hydrogen-bond donors (Lipinski definition) is 3. The summed E-state index contributed by atoms with van der Waals surface area (Å²) in [6.45, 7) is 1.23. The third kappa shape index (κ3) is 4.40. The highest BCUT2D eigenvalue weighted by atomic mass is 19.4. The van der Waals surface area contributed by atoms with E-state index in [0.717, 1.165) is 5.56 Å². The Morgan fingerprint density at radius 2 is 2.26 bits per heavy atom. The molecule has 1 heterocycles. The second kappa shape index (κ2) is 6.37. The zero-order valence-corrected chi connectivity index (χ0v) is 10.2. The summed E-state index contributed by atoms with van der Waals surface area (Å²) in [7, 11) is 0. The molecule has 0 spiro atoms. The van der Waals surface area contributed by atoms with Crippen molar-refractivity contribution in [3.05, 3.63) is 30.1 Å². The van der Waals surface area contributed by atoms with Crippen LogP contribution >= 0.6 is 0 Å². The number of oxime groups is 1. The van der Waals surface area contributed by atoms with Crippen LogP contribution in [0.5, 0.6) is 0 Å². The van der Waals surface area contributed by atoms with Gasteiger partial charge >= 0.3 is 6.18 Å². The van der Waals surface area contributed by atoms with Gasteiger partial charge in [0.15, 0.2) is 5.84 Å². The minimum Gasteiger partial charge on any atom is -0.409 e. The lowest BCUT2D eigenvalue weighted by molar-refractivity contribution is -0.155. The summed E-state index contributed by atoms with van der Waals surface area (Å²) in [5, 5.41) is 13.5. The van der Waals surface area contributed by atoms with E-state index in [9.17, 15) is 13.2 Å². The molecule has 0 aliphatic carbocycles. The number of alkyl halides is 3. The van der Waals surface area contributed by atoms with Gasteiger partial charge < -0.3 is 16.3 Å². The van der Waals surface area contributed by atoms with E-state index in [1.807, 2.05) is 0 Å². The molecular weight excluding hydrogens is 261 g/mol. The molecule has 0 aliphatic rings. The molecule has 1 unspecified atom stereocenters. The van der Waals surface area contributed by atoms with Gasteiger partial charge in [-0.2, -0.15) is 13.2 Å². The zero-order valence-electron chi connectivity index (χ0n) is 10.2. The van der Waals surface area contributed by atoms with Crippen molar-refractivity contribution >= 4 is 5.84 Å². The second-order valence-corrected chi connectivity index (χ2v) is 4.04. The highest BCUT2D eigenvalue weighted by Gasteiger charge is 2.42. The fraction of sp³-hybridized carbons (Fsp3) is 0.455. The SMILES string of the molecule is C[C@@H](NCC(/C(N)=N/O)C(F)(F)F)c1cccnc1. The molecule has 0 aliphatic heterocycles. The maximum absolute atomic E-state index is 12.7. The fourth-order valence-corrected chi connectivity index (χ4v) is 1.50. The Balaban J connectivity index is 2.68. The Morgan fingerprint density at radius 3 is 2.74 bits per heavy atom. The highest BCUT2D eigenvalue weighted by molar-refractivity contribution is 5.83. The van der Waals surface area contributed by atoms with Gasteiger partial charge in [-0.3, -0.25) is 4.98 Å². The third-order valence-electron chi connectivity index (χ3n) is 2.68. The van der Waals surface area contributed by atoms with E-state index in [1.54, 1.807) is 31.5 Å². The molecule has 0 fully saturated rings. The zero-order chi connectivity index (χ0) is 14.5. The Kier molecular flexibility index (Phi) is 5.11. The highest BCUT2D eigenvalue weighted by Crippen LogP contribution is 2.26. The van der Waals surface area contributed by atoms with Gasteiger partial charge in [-0.25, -0.2) is 0 Å². The van der Waals surface area contributed by atoms with Gasteiger partial charge in [-0.15, -0.1) is 0 Å². The van der Waals surface area contributed by atoms with Crippen LogP contribution in [0, 0.1) is 5.92 Å². The largest absolute Gasteiger partial charge is 0.409 e. The van der Waals surface area contributed by atoms with Crippen molar-refractivity contribution in [1.82, 2.24) is 10.3 Å². The molecule has 1 rings (SSSR count). The molecule has 0 aromatic carbocycles. The summed E-state index contributed by atoms with van der Waals surface area (Å²) in [6.07, 6.45) is -1.44. The topological polar surface area (TPSA) is 83.5 Å². The predicted molar refractivity (Wildman–Crippen MR) is 63.6 cm³/mol. The first-order valence-electron chi connectivity index (χ1n) is 5.53. The third-order valence-corrected chi connectivity index (χ3v) is 2.68. The quantitative estimate of drug-likeness (QED) is 0.330. The predicted octanol–water partition coefficient (Wildman–Crippen LogP) is 1.66. The van der Waals surface area contributed by atoms with E-state index in [2.05, 4.69) is 15.5 Å². The van der Waals surface area contributed by atoms with Gasteiger partial charge in [0, 0.05) is 25.0 Å². The van der Waals surface area contributed by atoms with Crippen molar-refractivity contribution in [1.29, 1.82) is 0 Å². The Morgan fingerprint density at radius 1 is 1.58 bits per heavy atom. The van der Waals surface area contributed by atoms with Crippen LogP contribution in [-0.4, -0.2) is 28.7 Å². The molecule has 2 atom stereocenters. The van der Waals surface area contributed by atoms with E-state index >= 15 is 0 Å². The smallest absolute Gasteiger partial charge is 0.400 e. The second-order valence-electron chi connectivity index (χ2n) is 4.04. The standard InChI is InChI=1S/C11H15F3N4O/c1-7(8-3-2-4-16-5-8)17-6-9(10(15)18-19)11(12,13)14/h2-5,7,9,17,19H,6H2,1H3,(H2,15,18)/t7-,9?/m1/s1. The first-order chi connectivity index (χ1) is 8.86. The molecular formula is C11H15F3N4O. The Labute approximate surface area is 108 Å². The Bertz CT molecular complexity index is 422. The number of pyridine rings is 1. The van der Waals surface area contributed by atoms with E-state index < -0.39 is 24.5 Å². The van der Waals surface area contributed by atoms with E-state index in [1.165, 1.54) is 0 Å². The molecule has 1 aromatic rings. The van der Waals surface area contributed by atoms with Crippen LogP contribution in [0.3, 0.4) is 0 Å². The number of nitrogens with zero attached hydrogens (tertiary/aromatic N) is 2. The summed E-state index contributed by atoms with van der Waals surface area (Å²) in [5.41, 5.74) is 5.81. The number of rotatable bonds is 5. The van der Waals surface area contributed by atoms with Crippen molar-refractivity contribution in [2.75, 3.05) is 6.54 Å². The van der Waals surface area contributed by atoms with Gasteiger partial charge in [0.1, 0.15) is 5.92 Å². The maximum Gasteiger partial charge on any atom is 0.400 e. The molecule has 106 valence electrons. The van der Waals surface area contributed by atoms with Crippen LogP contribution < -0.4 is 11.1 Å². The van der Waals surface area contributed by atoms with Crippen LogP contribution in [0.4, 0.5) is 13.2 Å². The maximum atomic E-state index is 12.7. The average molecular weight is 276 g/mol. The summed E-state index contributed by atoms with van der Waals surface area (Å²) in [5.74, 6) is -2.89. The average Bonchev–Trinajstić information content (AvgIpc) is 2.37. The molecule has 8 heteroatoms. The van der Waals surface area contributed by atoms with Crippen LogP contribution in [-0.2, 0) is 0 Å². The lowest BCUT2D eigenvalue weighted by Crippen LogP contribution is -2.43. The summed E-state index contributed by atoms with van der Waals surface area (Å²) < 4.78 is 38.1. The molecule has 0 saturated heterocycles. The fourth-order valence-electron chi connectivity index (χ4n) is 1.50. The van der Waals surface area contributed by atoms with Crippen molar-refractivity contribution in [2.24, 2.45) is 16.8 Å². The lowest BCUT2D eigenvalue weighted by atomic mass is 10.1. The molecule has 0 saturated carbocycles. The lowest BCUT2D eigenvalue weighted by Gasteiger charge is -2.22. The van der Waals surface area contributed by atoms with Gasteiger partial charge in [0.25, 0.3) is 0 Å². The molecule has 19 heavy (non-hydrogen) atoms. The van der Waals surface area contributed by atoms with Crippen molar-refractivity contribution < 1.29 is 18.4 Å². The molecule has 5 nitrogen and oxygen atoms in total. The van der Waals surface area contributed by atoms with Crippen LogP contribution in [0.25, 0.3) is 0 Å². The Hall–Kier alpha value is -1.83. The van der Waals surface area contributed by atoms with Gasteiger partial charge in [0.05, 0.1) is 0 Å². The summed E-state index contributed by atoms with van der Waals surface area (Å²) >= 11 is 0. The number of halogens is 3. The first kappa shape index (κ1) is 15.2. The minimum absolute atomic E-state index is 0.329. The number of aromatic nitrogens is 1. The summed E-state index contributed by atoms with van der Waals surface area (Å²) in [4.78, 5) is 3.88. The van der Waals surface area contributed by atoms with E-state index in [0.29, 0.717) is 0 Å². The molecule has 4 N–H and O–H groups in total. The van der Waals surface area contributed by atoms with E-state index in [-0.39, 0.29) is 6.04 Å². The van der Waals surface area contributed by atoms with Crippen LogP contribution in [0.15, 0.2) is 29.7 Å². The molecule has 0 radical (unpaired) electrons. The van der Waals surface area contributed by atoms with Gasteiger partial charge in [0.2, 0.25) is 0 Å². The molecule has 0 amide bonds.